The molecule has 0 saturated carbocycles. The van der Waals surface area contributed by atoms with Crippen LogP contribution in [0, 0.1) is 13.8 Å². The molecule has 2 saturated heterocycles. The maximum Gasteiger partial charge on any atom is 0.326 e. The highest BCUT2D eigenvalue weighted by atomic mass is 16.5. The van der Waals surface area contributed by atoms with Crippen molar-refractivity contribution in [1.82, 2.24) is 19.8 Å². The van der Waals surface area contributed by atoms with Crippen molar-refractivity contribution >= 4 is 11.8 Å². The van der Waals surface area contributed by atoms with E-state index in [1.807, 2.05) is 13.8 Å². The van der Waals surface area contributed by atoms with Gasteiger partial charge in [-0.2, -0.15) is 0 Å². The molecule has 0 aliphatic carbocycles. The molecule has 0 atom stereocenters. The molecule has 0 bridgehead atoms. The van der Waals surface area contributed by atoms with Crippen LogP contribution in [0.4, 0.5) is 0 Å². The number of carbonyl (C=O) groups is 2. The summed E-state index contributed by atoms with van der Waals surface area (Å²) in [5.41, 5.74) is 3.40. The smallest absolute Gasteiger partial charge is 0.326 e. The number of rotatable bonds is 6. The third-order valence-electron chi connectivity index (χ3n) is 5.73. The summed E-state index contributed by atoms with van der Waals surface area (Å²) in [7, 11) is 0. The number of aromatic amines is 1. The van der Waals surface area contributed by atoms with E-state index >= 15 is 0 Å². The maximum absolute atomic E-state index is 12.5. The lowest BCUT2D eigenvalue weighted by Gasteiger charge is -2.26. The van der Waals surface area contributed by atoms with Crippen molar-refractivity contribution in [2.24, 2.45) is 0 Å². The number of aryl methyl sites for hydroxylation is 2. The first-order chi connectivity index (χ1) is 14.4. The predicted molar refractivity (Wildman–Crippen MR) is 111 cm³/mol. The first-order valence-corrected chi connectivity index (χ1v) is 10.5. The zero-order valence-electron chi connectivity index (χ0n) is 17.5. The van der Waals surface area contributed by atoms with Crippen molar-refractivity contribution < 1.29 is 14.3 Å². The molecule has 2 N–H and O–H groups in total. The number of amides is 2. The molecule has 3 heterocycles. The highest BCUT2D eigenvalue weighted by Gasteiger charge is 2.29. The van der Waals surface area contributed by atoms with Gasteiger partial charge in [-0.05, 0) is 45.3 Å². The number of benzene rings is 1. The van der Waals surface area contributed by atoms with Gasteiger partial charge in [0.25, 0.3) is 0 Å². The number of hydrogen-bond acceptors (Lipinski definition) is 5. The van der Waals surface area contributed by atoms with Crippen molar-refractivity contribution in [3.05, 3.63) is 51.2 Å². The summed E-state index contributed by atoms with van der Waals surface area (Å²) < 4.78 is 7.94. The predicted octanol–water partition coefficient (Wildman–Crippen LogP) is 1.62. The third-order valence-corrected chi connectivity index (χ3v) is 5.73. The first kappa shape index (κ1) is 20.4. The molecule has 2 aliphatic rings. The summed E-state index contributed by atoms with van der Waals surface area (Å²) in [6, 6.07) is 4.14. The quantitative estimate of drug-likeness (QED) is 0.703. The maximum atomic E-state index is 12.5. The second-order valence-corrected chi connectivity index (χ2v) is 8.22. The number of H-pyrrole nitrogens is 1. The van der Waals surface area contributed by atoms with Gasteiger partial charge in [-0.3, -0.25) is 19.1 Å². The molecule has 30 heavy (non-hydrogen) atoms. The van der Waals surface area contributed by atoms with E-state index in [1.165, 1.54) is 4.90 Å². The van der Waals surface area contributed by atoms with Crippen molar-refractivity contribution in [3.63, 3.8) is 0 Å². The minimum atomic E-state index is -0.268. The Balaban J connectivity index is 1.56. The number of nitrogens with one attached hydrogen (secondary N) is 2. The van der Waals surface area contributed by atoms with E-state index < -0.39 is 0 Å². The lowest BCUT2D eigenvalue weighted by molar-refractivity contribution is -0.139. The molecule has 0 unspecified atom stereocenters. The van der Waals surface area contributed by atoms with E-state index in [2.05, 4.69) is 22.4 Å². The number of imidazole rings is 1. The van der Waals surface area contributed by atoms with Crippen LogP contribution in [0.5, 0.6) is 5.75 Å². The molecule has 2 aromatic rings. The van der Waals surface area contributed by atoms with Gasteiger partial charge in [0.2, 0.25) is 11.8 Å². The summed E-state index contributed by atoms with van der Waals surface area (Å²) in [6.45, 7) is 6.41. The van der Waals surface area contributed by atoms with Crippen LogP contribution in [0.15, 0.2) is 23.1 Å². The van der Waals surface area contributed by atoms with Gasteiger partial charge in [0, 0.05) is 24.6 Å². The molecule has 8 nitrogen and oxygen atoms in total. The minimum absolute atomic E-state index is 0.102. The lowest BCUT2D eigenvalue weighted by Crippen LogP contribution is -2.34. The summed E-state index contributed by atoms with van der Waals surface area (Å²) >= 11 is 0. The Labute approximate surface area is 175 Å². The third kappa shape index (κ3) is 4.33. The summed E-state index contributed by atoms with van der Waals surface area (Å²) in [5, 5.41) is 3.34. The standard InChI is InChI=1S/C22H28N4O4/c1-14-9-15(2)21(30-18-5-7-23-8-6-18)16(10-14)11-25-12-17(24-22(25)29)13-26-19(27)3-4-20(26)28/h9-10,12,18,23H,3-8,11,13H2,1-2H3,(H,24,29). The molecule has 4 rings (SSSR count). The second-order valence-electron chi connectivity index (χ2n) is 8.22. The average molecular weight is 412 g/mol. The van der Waals surface area contributed by atoms with Gasteiger partial charge in [0.1, 0.15) is 11.9 Å². The fourth-order valence-electron chi connectivity index (χ4n) is 4.25. The Morgan fingerprint density at radius 2 is 1.73 bits per heavy atom. The topological polar surface area (TPSA) is 96.4 Å². The average Bonchev–Trinajstić information content (AvgIpc) is 3.21. The number of nitrogens with zero attached hydrogens (tertiary/aromatic N) is 2. The van der Waals surface area contributed by atoms with E-state index in [9.17, 15) is 14.4 Å². The molecule has 2 aliphatic heterocycles. The fourth-order valence-corrected chi connectivity index (χ4v) is 4.25. The zero-order valence-corrected chi connectivity index (χ0v) is 17.5. The minimum Gasteiger partial charge on any atom is -0.490 e. The SMILES string of the molecule is Cc1cc(C)c(OC2CCNCC2)c(Cn2cc(CN3C(=O)CCC3=O)[nH]c2=O)c1. The van der Waals surface area contributed by atoms with E-state index in [1.54, 1.807) is 10.8 Å². The Hall–Kier alpha value is -2.87. The number of carbonyl (C=O) groups excluding carboxylic acids is 2. The van der Waals surface area contributed by atoms with Crippen LogP contribution in [0.2, 0.25) is 0 Å². The molecular weight excluding hydrogens is 384 g/mol. The number of likely N-dealkylation sites (tertiary alicyclic amines) is 1. The van der Waals surface area contributed by atoms with Crippen LogP contribution < -0.4 is 15.7 Å². The van der Waals surface area contributed by atoms with Gasteiger partial charge in [-0.1, -0.05) is 17.7 Å². The largest absolute Gasteiger partial charge is 0.490 e. The van der Waals surface area contributed by atoms with Gasteiger partial charge in [-0.25, -0.2) is 4.79 Å². The van der Waals surface area contributed by atoms with Crippen LogP contribution in [0.25, 0.3) is 0 Å². The zero-order chi connectivity index (χ0) is 21.3. The summed E-state index contributed by atoms with van der Waals surface area (Å²) in [6.07, 6.45) is 4.25. The van der Waals surface area contributed by atoms with Crippen LogP contribution in [-0.2, 0) is 22.7 Å². The fraction of sp³-hybridized carbons (Fsp3) is 0.500. The van der Waals surface area contributed by atoms with Crippen LogP contribution in [-0.4, -0.2) is 45.5 Å². The lowest BCUT2D eigenvalue weighted by atomic mass is 10.0. The Morgan fingerprint density at radius 3 is 2.43 bits per heavy atom. The van der Waals surface area contributed by atoms with E-state index in [0.29, 0.717) is 12.2 Å². The highest BCUT2D eigenvalue weighted by Crippen LogP contribution is 2.28. The van der Waals surface area contributed by atoms with Gasteiger partial charge < -0.3 is 15.0 Å². The van der Waals surface area contributed by atoms with E-state index in [0.717, 1.165) is 48.4 Å². The number of imide groups is 1. The van der Waals surface area contributed by atoms with Gasteiger partial charge in [0.15, 0.2) is 0 Å². The van der Waals surface area contributed by atoms with Gasteiger partial charge in [0.05, 0.1) is 18.8 Å². The van der Waals surface area contributed by atoms with Crippen LogP contribution in [0.3, 0.4) is 0 Å². The molecule has 2 fully saturated rings. The molecule has 0 radical (unpaired) electrons. The first-order valence-electron chi connectivity index (χ1n) is 10.5. The number of aromatic nitrogens is 2. The summed E-state index contributed by atoms with van der Waals surface area (Å²) in [4.78, 5) is 40.2. The molecular formula is C22H28N4O4. The normalized spacial score (nSPS) is 17.7. The number of piperidine rings is 1. The Morgan fingerprint density at radius 1 is 1.03 bits per heavy atom. The van der Waals surface area contributed by atoms with E-state index in [-0.39, 0.29) is 43.0 Å². The molecule has 1 aromatic carbocycles. The molecule has 1 aromatic heterocycles. The van der Waals surface area contributed by atoms with Gasteiger partial charge >= 0.3 is 5.69 Å². The van der Waals surface area contributed by atoms with Gasteiger partial charge in [-0.15, -0.1) is 0 Å². The van der Waals surface area contributed by atoms with Crippen molar-refractivity contribution in [3.8, 4) is 5.75 Å². The van der Waals surface area contributed by atoms with Crippen molar-refractivity contribution in [2.45, 2.75) is 58.7 Å². The molecule has 8 heteroatoms. The number of ether oxygens (including phenoxy) is 1. The second kappa shape index (κ2) is 8.47. The Bertz CT molecular complexity index is 1000. The van der Waals surface area contributed by atoms with Crippen LogP contribution in [0.1, 0.15) is 48.1 Å². The monoisotopic (exact) mass is 412 g/mol. The molecule has 2 amide bonds. The summed E-state index contributed by atoms with van der Waals surface area (Å²) in [5.74, 6) is 0.452. The Kier molecular flexibility index (Phi) is 5.76. The van der Waals surface area contributed by atoms with Crippen molar-refractivity contribution in [1.29, 1.82) is 0 Å². The van der Waals surface area contributed by atoms with Crippen molar-refractivity contribution in [2.75, 3.05) is 13.1 Å². The number of hydrogen-bond donors (Lipinski definition) is 2. The van der Waals surface area contributed by atoms with Crippen LogP contribution >= 0.6 is 0 Å². The molecule has 160 valence electrons. The molecule has 0 spiro atoms. The highest BCUT2D eigenvalue weighted by molar-refractivity contribution is 6.01. The van der Waals surface area contributed by atoms with E-state index in [4.69, 9.17) is 4.74 Å².